The molecule has 5 heteroatoms. The number of hydrogen-bond acceptors (Lipinski definition) is 3. The number of carbonyl (C=O) groups excluding carboxylic acids is 2. The largest absolute Gasteiger partial charge is 0.368 e. The van der Waals surface area contributed by atoms with Gasteiger partial charge in [0.15, 0.2) is 0 Å². The number of hydrogen-bond donors (Lipinski definition) is 2. The third kappa shape index (κ3) is 3.26. The number of rotatable bonds is 5. The van der Waals surface area contributed by atoms with E-state index in [1.165, 1.54) is 0 Å². The lowest BCUT2D eigenvalue weighted by Crippen LogP contribution is -2.42. The van der Waals surface area contributed by atoms with Gasteiger partial charge in [-0.1, -0.05) is 13.8 Å². The molecule has 2 fully saturated rings. The smallest absolute Gasteiger partial charge is 0.237 e. The second kappa shape index (κ2) is 5.49. The molecule has 1 aliphatic heterocycles. The van der Waals surface area contributed by atoms with E-state index in [-0.39, 0.29) is 23.8 Å². The van der Waals surface area contributed by atoms with E-state index in [9.17, 15) is 9.59 Å². The summed E-state index contributed by atoms with van der Waals surface area (Å²) < 4.78 is 0. The van der Waals surface area contributed by atoms with E-state index in [0.29, 0.717) is 12.5 Å². The van der Waals surface area contributed by atoms with E-state index in [2.05, 4.69) is 19.2 Å². The fourth-order valence-electron chi connectivity index (χ4n) is 3.26. The van der Waals surface area contributed by atoms with Crippen LogP contribution in [0, 0.1) is 17.3 Å². The van der Waals surface area contributed by atoms with Crippen LogP contribution in [-0.2, 0) is 9.59 Å². The van der Waals surface area contributed by atoms with Gasteiger partial charge in [-0.15, -0.1) is 0 Å². The second-order valence-corrected chi connectivity index (χ2v) is 6.45. The van der Waals surface area contributed by atoms with Crippen molar-refractivity contribution in [2.45, 2.75) is 33.1 Å². The second-order valence-electron chi connectivity index (χ2n) is 6.45. The van der Waals surface area contributed by atoms with E-state index in [1.54, 1.807) is 4.90 Å². The summed E-state index contributed by atoms with van der Waals surface area (Å²) in [6.45, 7) is 6.78. The first kappa shape index (κ1) is 14.3. The Bertz CT molecular complexity index is 362. The van der Waals surface area contributed by atoms with Gasteiger partial charge < -0.3 is 16.0 Å². The molecule has 0 aromatic rings. The summed E-state index contributed by atoms with van der Waals surface area (Å²) in [6.07, 6.45) is 3.14. The number of primary amides is 1. The van der Waals surface area contributed by atoms with Gasteiger partial charge in [0.05, 0.1) is 6.54 Å². The number of carbonyl (C=O) groups is 2. The highest BCUT2D eigenvalue weighted by Gasteiger charge is 2.58. The zero-order valence-corrected chi connectivity index (χ0v) is 11.9. The van der Waals surface area contributed by atoms with Crippen LogP contribution in [0.5, 0.6) is 0 Å². The molecule has 0 aromatic carbocycles. The lowest BCUT2D eigenvalue weighted by molar-refractivity contribution is -0.137. The van der Waals surface area contributed by atoms with Crippen molar-refractivity contribution in [1.82, 2.24) is 10.2 Å². The number of piperidine rings is 1. The van der Waals surface area contributed by atoms with Crippen LogP contribution in [-0.4, -0.2) is 42.9 Å². The van der Waals surface area contributed by atoms with Crippen LogP contribution in [0.3, 0.4) is 0 Å². The first-order valence-electron chi connectivity index (χ1n) is 7.22. The van der Waals surface area contributed by atoms with Crippen molar-refractivity contribution in [2.24, 2.45) is 23.0 Å². The average molecular weight is 267 g/mol. The van der Waals surface area contributed by atoms with Gasteiger partial charge in [0.2, 0.25) is 11.8 Å². The molecule has 2 aliphatic rings. The Labute approximate surface area is 114 Å². The molecule has 1 heterocycles. The monoisotopic (exact) mass is 267 g/mol. The van der Waals surface area contributed by atoms with Crippen LogP contribution >= 0.6 is 0 Å². The molecule has 0 radical (unpaired) electrons. The fraction of sp³-hybridized carbons (Fsp3) is 0.857. The highest BCUT2D eigenvalue weighted by molar-refractivity contribution is 5.87. The number of nitrogens with two attached hydrogens (primary N) is 1. The lowest BCUT2D eigenvalue weighted by atomic mass is 9.91. The fourth-order valence-corrected chi connectivity index (χ4v) is 3.26. The third-order valence-corrected chi connectivity index (χ3v) is 4.33. The van der Waals surface area contributed by atoms with E-state index < -0.39 is 5.91 Å². The topological polar surface area (TPSA) is 75.4 Å². The third-order valence-electron chi connectivity index (χ3n) is 4.33. The summed E-state index contributed by atoms with van der Waals surface area (Å²) in [5, 5.41) is 3.33. The Morgan fingerprint density at radius 3 is 2.53 bits per heavy atom. The molecule has 1 atom stereocenters. The number of nitrogens with zero attached hydrogens (tertiary/aromatic N) is 1. The molecule has 3 N–H and O–H groups in total. The van der Waals surface area contributed by atoms with Crippen molar-refractivity contribution >= 4 is 11.8 Å². The predicted octanol–water partition coefficient (Wildman–Crippen LogP) is 0.346. The van der Waals surface area contributed by atoms with Gasteiger partial charge in [0, 0.05) is 12.5 Å². The SMILES string of the molecule is CC(C)CN(CC(N)=O)C(=O)C1CC12CCNCC2. The van der Waals surface area contributed by atoms with Crippen LogP contribution in [0.1, 0.15) is 33.1 Å². The number of amides is 2. The van der Waals surface area contributed by atoms with Gasteiger partial charge in [-0.25, -0.2) is 0 Å². The van der Waals surface area contributed by atoms with E-state index in [1.807, 2.05) is 0 Å². The maximum atomic E-state index is 12.5. The van der Waals surface area contributed by atoms with Crippen molar-refractivity contribution in [1.29, 1.82) is 0 Å². The molecule has 19 heavy (non-hydrogen) atoms. The van der Waals surface area contributed by atoms with Crippen LogP contribution in [0.15, 0.2) is 0 Å². The standard InChI is InChI=1S/C14H25N3O2/c1-10(2)8-17(9-12(15)18)13(19)11-7-14(11)3-5-16-6-4-14/h10-11,16H,3-9H2,1-2H3,(H2,15,18). The predicted molar refractivity (Wildman–Crippen MR) is 73.3 cm³/mol. The highest BCUT2D eigenvalue weighted by Crippen LogP contribution is 2.59. The Morgan fingerprint density at radius 1 is 1.37 bits per heavy atom. The first-order chi connectivity index (χ1) is 8.94. The minimum absolute atomic E-state index is 0.0574. The minimum Gasteiger partial charge on any atom is -0.368 e. The van der Waals surface area contributed by atoms with Gasteiger partial charge >= 0.3 is 0 Å². The summed E-state index contributed by atoms with van der Waals surface area (Å²) in [6, 6.07) is 0. The minimum atomic E-state index is -0.422. The van der Waals surface area contributed by atoms with Crippen LogP contribution in [0.25, 0.3) is 0 Å². The summed E-state index contributed by atoms with van der Waals surface area (Å²) >= 11 is 0. The first-order valence-corrected chi connectivity index (χ1v) is 7.22. The number of nitrogens with one attached hydrogen (secondary N) is 1. The van der Waals surface area contributed by atoms with Crippen molar-refractivity contribution in [3.05, 3.63) is 0 Å². The van der Waals surface area contributed by atoms with Crippen molar-refractivity contribution in [3.63, 3.8) is 0 Å². The molecule has 1 unspecified atom stereocenters. The summed E-state index contributed by atoms with van der Waals surface area (Å²) in [5.41, 5.74) is 5.47. The maximum absolute atomic E-state index is 12.5. The normalized spacial score (nSPS) is 24.5. The summed E-state index contributed by atoms with van der Waals surface area (Å²) in [4.78, 5) is 25.3. The Kier molecular flexibility index (Phi) is 4.13. The Hall–Kier alpha value is -1.10. The van der Waals surface area contributed by atoms with Gasteiger partial charge in [0.25, 0.3) is 0 Å². The molecule has 1 saturated heterocycles. The molecule has 0 aromatic heterocycles. The molecule has 0 bridgehead atoms. The Morgan fingerprint density at radius 2 is 2.00 bits per heavy atom. The quantitative estimate of drug-likeness (QED) is 0.754. The average Bonchev–Trinajstić information content (AvgIpc) is 3.01. The van der Waals surface area contributed by atoms with E-state index in [0.717, 1.165) is 32.4 Å². The van der Waals surface area contributed by atoms with Crippen LogP contribution in [0.2, 0.25) is 0 Å². The molecule has 108 valence electrons. The zero-order chi connectivity index (χ0) is 14.0. The van der Waals surface area contributed by atoms with Crippen molar-refractivity contribution in [2.75, 3.05) is 26.2 Å². The highest BCUT2D eigenvalue weighted by atomic mass is 16.2. The van der Waals surface area contributed by atoms with E-state index >= 15 is 0 Å². The maximum Gasteiger partial charge on any atom is 0.237 e. The van der Waals surface area contributed by atoms with Crippen LogP contribution in [0.4, 0.5) is 0 Å². The van der Waals surface area contributed by atoms with Crippen molar-refractivity contribution < 1.29 is 9.59 Å². The molecule has 5 nitrogen and oxygen atoms in total. The van der Waals surface area contributed by atoms with Crippen molar-refractivity contribution in [3.8, 4) is 0 Å². The molecular weight excluding hydrogens is 242 g/mol. The molecule has 1 saturated carbocycles. The molecule has 1 spiro atoms. The van der Waals surface area contributed by atoms with E-state index in [4.69, 9.17) is 5.73 Å². The molecule has 2 rings (SSSR count). The molecule has 2 amide bonds. The zero-order valence-electron chi connectivity index (χ0n) is 11.9. The molecule has 1 aliphatic carbocycles. The summed E-state index contributed by atoms with van der Waals surface area (Å²) in [5.74, 6) is 0.183. The van der Waals surface area contributed by atoms with Gasteiger partial charge in [-0.2, -0.15) is 0 Å². The van der Waals surface area contributed by atoms with Gasteiger partial charge in [-0.3, -0.25) is 9.59 Å². The van der Waals surface area contributed by atoms with Gasteiger partial charge in [-0.05, 0) is 43.7 Å². The van der Waals surface area contributed by atoms with Gasteiger partial charge in [0.1, 0.15) is 0 Å². The molecular formula is C14H25N3O2. The Balaban J connectivity index is 1.97. The van der Waals surface area contributed by atoms with Crippen LogP contribution < -0.4 is 11.1 Å². The lowest BCUT2D eigenvalue weighted by Gasteiger charge is -2.27. The summed E-state index contributed by atoms with van der Waals surface area (Å²) in [7, 11) is 0.